The first-order chi connectivity index (χ1) is 9.24. The maximum absolute atomic E-state index is 11.8. The third kappa shape index (κ3) is 5.30. The number of amides is 1. The lowest BCUT2D eigenvalue weighted by atomic mass is 10.1. The Morgan fingerprint density at radius 1 is 1.37 bits per heavy atom. The summed E-state index contributed by atoms with van der Waals surface area (Å²) in [5, 5.41) is 6.26. The number of rotatable bonds is 5. The van der Waals surface area contributed by atoms with Crippen molar-refractivity contribution in [3.05, 3.63) is 34.3 Å². The van der Waals surface area contributed by atoms with Gasteiger partial charge in [0.2, 0.25) is 5.91 Å². The number of hydrogen-bond donors (Lipinski definition) is 2. The summed E-state index contributed by atoms with van der Waals surface area (Å²) in [5.41, 5.74) is 1.23. The van der Waals surface area contributed by atoms with Gasteiger partial charge >= 0.3 is 0 Å². The molecule has 0 atom stereocenters. The predicted molar refractivity (Wildman–Crippen MR) is 80.2 cm³/mol. The maximum Gasteiger partial charge on any atom is 0.234 e. The van der Waals surface area contributed by atoms with Gasteiger partial charge in [0, 0.05) is 37.2 Å². The van der Waals surface area contributed by atoms with Gasteiger partial charge in [-0.15, -0.1) is 0 Å². The molecule has 0 spiro atoms. The molecule has 0 unspecified atom stereocenters. The van der Waals surface area contributed by atoms with Gasteiger partial charge in [0.25, 0.3) is 0 Å². The van der Waals surface area contributed by atoms with Crippen LogP contribution in [0.15, 0.2) is 28.7 Å². The monoisotopic (exact) mass is 325 g/mol. The average molecular weight is 326 g/mol. The minimum Gasteiger partial charge on any atom is -0.355 e. The molecule has 0 saturated carbocycles. The van der Waals surface area contributed by atoms with E-state index in [0.29, 0.717) is 13.1 Å². The van der Waals surface area contributed by atoms with E-state index < -0.39 is 0 Å². The highest BCUT2D eigenvalue weighted by molar-refractivity contribution is 9.10. The molecule has 0 aliphatic carbocycles. The Kier molecular flexibility index (Phi) is 5.82. The largest absolute Gasteiger partial charge is 0.355 e. The van der Waals surface area contributed by atoms with E-state index in [-0.39, 0.29) is 5.91 Å². The van der Waals surface area contributed by atoms with E-state index in [9.17, 15) is 4.79 Å². The summed E-state index contributed by atoms with van der Waals surface area (Å²) in [6.07, 6.45) is 0.868. The van der Waals surface area contributed by atoms with E-state index in [0.717, 1.165) is 37.1 Å². The summed E-state index contributed by atoms with van der Waals surface area (Å²) < 4.78 is 1.08. The van der Waals surface area contributed by atoms with Gasteiger partial charge in [-0.05, 0) is 24.1 Å². The molecular formula is C14H20BrN3O. The van der Waals surface area contributed by atoms with Crippen LogP contribution < -0.4 is 10.6 Å². The molecule has 1 saturated heterocycles. The Bertz CT molecular complexity index is 419. The van der Waals surface area contributed by atoms with Gasteiger partial charge in [-0.1, -0.05) is 28.1 Å². The molecule has 1 aromatic carbocycles. The van der Waals surface area contributed by atoms with Gasteiger partial charge in [-0.2, -0.15) is 0 Å². The van der Waals surface area contributed by atoms with E-state index in [1.165, 1.54) is 5.56 Å². The fourth-order valence-corrected chi connectivity index (χ4v) is 2.61. The lowest BCUT2D eigenvalue weighted by Gasteiger charge is -2.26. The summed E-state index contributed by atoms with van der Waals surface area (Å²) >= 11 is 3.45. The lowest BCUT2D eigenvalue weighted by Crippen LogP contribution is -2.47. The maximum atomic E-state index is 11.8. The van der Waals surface area contributed by atoms with Crippen LogP contribution in [0.1, 0.15) is 5.56 Å². The van der Waals surface area contributed by atoms with Gasteiger partial charge in [-0.25, -0.2) is 0 Å². The molecule has 1 amide bonds. The predicted octanol–water partition coefficient (Wildman–Crippen LogP) is 1.01. The van der Waals surface area contributed by atoms with Crippen LogP contribution in [0.3, 0.4) is 0 Å². The van der Waals surface area contributed by atoms with E-state index in [4.69, 9.17) is 0 Å². The first-order valence-corrected chi connectivity index (χ1v) is 7.47. The molecule has 1 aromatic rings. The number of carbonyl (C=O) groups excluding carboxylic acids is 1. The zero-order valence-corrected chi connectivity index (χ0v) is 12.6. The molecule has 2 N–H and O–H groups in total. The fourth-order valence-electron chi connectivity index (χ4n) is 2.17. The summed E-state index contributed by atoms with van der Waals surface area (Å²) in [4.78, 5) is 14.0. The number of benzene rings is 1. The normalized spacial score (nSPS) is 16.3. The smallest absolute Gasteiger partial charge is 0.234 e. The van der Waals surface area contributed by atoms with Crippen LogP contribution in [0.5, 0.6) is 0 Å². The number of nitrogens with zero attached hydrogens (tertiary/aromatic N) is 1. The fraction of sp³-hybridized carbons (Fsp3) is 0.500. The molecule has 1 heterocycles. The summed E-state index contributed by atoms with van der Waals surface area (Å²) in [6, 6.07) is 8.18. The van der Waals surface area contributed by atoms with Crippen LogP contribution in [-0.2, 0) is 11.2 Å². The summed E-state index contributed by atoms with van der Waals surface area (Å²) in [6.45, 7) is 5.08. The van der Waals surface area contributed by atoms with Crippen molar-refractivity contribution in [2.75, 3.05) is 39.3 Å². The van der Waals surface area contributed by atoms with Crippen LogP contribution in [0.2, 0.25) is 0 Å². The molecule has 2 rings (SSSR count). The first kappa shape index (κ1) is 14.5. The molecule has 1 aliphatic heterocycles. The van der Waals surface area contributed by atoms with Gasteiger partial charge in [0.15, 0.2) is 0 Å². The molecule has 1 aliphatic rings. The van der Waals surface area contributed by atoms with Crippen molar-refractivity contribution in [1.82, 2.24) is 15.5 Å². The van der Waals surface area contributed by atoms with Crippen molar-refractivity contribution in [3.8, 4) is 0 Å². The Hall–Kier alpha value is -0.910. The Labute approximate surface area is 122 Å². The van der Waals surface area contributed by atoms with Gasteiger partial charge in [-0.3, -0.25) is 9.69 Å². The Morgan fingerprint density at radius 3 is 2.89 bits per heavy atom. The summed E-state index contributed by atoms with van der Waals surface area (Å²) in [7, 11) is 0. The zero-order chi connectivity index (χ0) is 13.5. The number of nitrogens with one attached hydrogen (secondary N) is 2. The standard InChI is InChI=1S/C14H20BrN3O/c15-13-3-1-2-12(10-13)4-5-17-14(19)11-18-8-6-16-7-9-18/h1-3,10,16H,4-9,11H2,(H,17,19). The zero-order valence-electron chi connectivity index (χ0n) is 11.0. The minimum atomic E-state index is 0.122. The van der Waals surface area contributed by atoms with Gasteiger partial charge in [0.1, 0.15) is 0 Å². The third-order valence-corrected chi connectivity index (χ3v) is 3.69. The number of hydrogen-bond acceptors (Lipinski definition) is 3. The van der Waals surface area contributed by atoms with E-state index in [2.05, 4.69) is 43.6 Å². The minimum absolute atomic E-state index is 0.122. The molecular weight excluding hydrogens is 306 g/mol. The average Bonchev–Trinajstić information content (AvgIpc) is 2.40. The topological polar surface area (TPSA) is 44.4 Å². The van der Waals surface area contributed by atoms with Crippen molar-refractivity contribution >= 4 is 21.8 Å². The van der Waals surface area contributed by atoms with Gasteiger partial charge in [0.05, 0.1) is 6.54 Å². The second kappa shape index (κ2) is 7.62. The van der Waals surface area contributed by atoms with Crippen LogP contribution in [0.4, 0.5) is 0 Å². The SMILES string of the molecule is O=C(CN1CCNCC1)NCCc1cccc(Br)c1. The van der Waals surface area contributed by atoms with Crippen molar-refractivity contribution in [2.24, 2.45) is 0 Å². The molecule has 0 aromatic heterocycles. The summed E-state index contributed by atoms with van der Waals surface area (Å²) in [5.74, 6) is 0.122. The molecule has 4 nitrogen and oxygen atoms in total. The highest BCUT2D eigenvalue weighted by atomic mass is 79.9. The highest BCUT2D eigenvalue weighted by Crippen LogP contribution is 2.11. The first-order valence-electron chi connectivity index (χ1n) is 6.68. The van der Waals surface area contributed by atoms with Crippen molar-refractivity contribution in [3.63, 3.8) is 0 Å². The molecule has 19 heavy (non-hydrogen) atoms. The second-order valence-electron chi connectivity index (χ2n) is 4.76. The van der Waals surface area contributed by atoms with Crippen molar-refractivity contribution in [2.45, 2.75) is 6.42 Å². The van der Waals surface area contributed by atoms with Gasteiger partial charge < -0.3 is 10.6 Å². The molecule has 104 valence electrons. The lowest BCUT2D eigenvalue weighted by molar-refractivity contribution is -0.122. The van der Waals surface area contributed by atoms with E-state index in [1.807, 2.05) is 12.1 Å². The Morgan fingerprint density at radius 2 is 2.16 bits per heavy atom. The molecule has 0 bridgehead atoms. The van der Waals surface area contributed by atoms with E-state index >= 15 is 0 Å². The molecule has 1 fully saturated rings. The van der Waals surface area contributed by atoms with Crippen molar-refractivity contribution in [1.29, 1.82) is 0 Å². The number of carbonyl (C=O) groups is 1. The Balaban J connectivity index is 1.66. The molecule has 5 heteroatoms. The number of halogens is 1. The van der Waals surface area contributed by atoms with Crippen LogP contribution in [0, 0.1) is 0 Å². The number of piperazine rings is 1. The second-order valence-corrected chi connectivity index (χ2v) is 5.67. The third-order valence-electron chi connectivity index (χ3n) is 3.20. The quantitative estimate of drug-likeness (QED) is 0.849. The van der Waals surface area contributed by atoms with Crippen LogP contribution in [0.25, 0.3) is 0 Å². The van der Waals surface area contributed by atoms with Crippen LogP contribution in [-0.4, -0.2) is 50.1 Å². The van der Waals surface area contributed by atoms with Crippen LogP contribution >= 0.6 is 15.9 Å². The van der Waals surface area contributed by atoms with Crippen molar-refractivity contribution < 1.29 is 4.79 Å². The van der Waals surface area contributed by atoms with E-state index in [1.54, 1.807) is 0 Å². The molecule has 0 radical (unpaired) electrons. The highest BCUT2D eigenvalue weighted by Gasteiger charge is 2.12.